The molecule has 162 valence electrons. The van der Waals surface area contributed by atoms with Crippen LogP contribution < -0.4 is 10.0 Å². The van der Waals surface area contributed by atoms with Gasteiger partial charge in [-0.3, -0.25) is 4.79 Å². The fourth-order valence-electron chi connectivity index (χ4n) is 2.38. The Balaban J connectivity index is 2.01. The maximum absolute atomic E-state index is 13.6. The van der Waals surface area contributed by atoms with E-state index in [4.69, 9.17) is 4.74 Å². The normalized spacial score (nSPS) is 13.4. The Kier molecular flexibility index (Phi) is 7.69. The summed E-state index contributed by atoms with van der Waals surface area (Å²) in [6.07, 6.45) is -0.504. The number of anilines is 1. The zero-order valence-corrected chi connectivity index (χ0v) is 18.0. The summed E-state index contributed by atoms with van der Waals surface area (Å²) in [5.41, 5.74) is 0.783. The van der Waals surface area contributed by atoms with Gasteiger partial charge in [0.05, 0.1) is 10.5 Å². The SMILES string of the molecule is CCC(C)NS(=O)(=O)c1ccc(C(=O)OC(C)C(=O)Nc2ccc(C)c(F)c2)cc1. The highest BCUT2D eigenvalue weighted by molar-refractivity contribution is 7.89. The molecule has 0 aliphatic heterocycles. The average molecular weight is 437 g/mol. The number of sulfonamides is 1. The van der Waals surface area contributed by atoms with Crippen LogP contribution in [0.1, 0.15) is 43.1 Å². The number of halogens is 1. The molecule has 2 rings (SSSR count). The van der Waals surface area contributed by atoms with Crippen LogP contribution in [-0.4, -0.2) is 32.4 Å². The maximum Gasteiger partial charge on any atom is 0.338 e. The minimum absolute atomic E-state index is 0.0199. The standard InChI is InChI=1S/C21H25FN2O5S/c1-5-14(3)24-30(27,28)18-10-7-16(8-11-18)21(26)29-15(4)20(25)23-17-9-6-13(2)19(22)12-17/h6-12,14-15,24H,5H2,1-4H3,(H,23,25). The monoisotopic (exact) mass is 436 g/mol. The third kappa shape index (κ3) is 6.11. The number of hydrogen-bond acceptors (Lipinski definition) is 5. The molecule has 0 bridgehead atoms. The van der Waals surface area contributed by atoms with E-state index in [0.717, 1.165) is 0 Å². The molecule has 1 amide bonds. The second kappa shape index (κ2) is 9.82. The van der Waals surface area contributed by atoms with Gasteiger partial charge in [0.1, 0.15) is 5.82 Å². The van der Waals surface area contributed by atoms with Crippen LogP contribution in [0.3, 0.4) is 0 Å². The number of hydrogen-bond donors (Lipinski definition) is 2. The Morgan fingerprint density at radius 2 is 1.73 bits per heavy atom. The number of aryl methyl sites for hydroxylation is 1. The number of amides is 1. The van der Waals surface area contributed by atoms with Crippen LogP contribution in [0.2, 0.25) is 0 Å². The predicted octanol–water partition coefficient (Wildman–Crippen LogP) is 3.39. The lowest BCUT2D eigenvalue weighted by atomic mass is 10.2. The first-order chi connectivity index (χ1) is 14.0. The molecule has 7 nitrogen and oxygen atoms in total. The minimum atomic E-state index is -3.69. The molecule has 2 N–H and O–H groups in total. The lowest BCUT2D eigenvalue weighted by Gasteiger charge is -2.14. The summed E-state index contributed by atoms with van der Waals surface area (Å²) in [5, 5.41) is 2.48. The van der Waals surface area contributed by atoms with Gasteiger partial charge in [-0.25, -0.2) is 22.3 Å². The van der Waals surface area contributed by atoms with E-state index in [-0.39, 0.29) is 22.2 Å². The van der Waals surface area contributed by atoms with Crippen molar-refractivity contribution >= 4 is 27.6 Å². The second-order valence-electron chi connectivity index (χ2n) is 6.96. The molecular weight excluding hydrogens is 411 g/mol. The van der Waals surface area contributed by atoms with Gasteiger partial charge in [-0.1, -0.05) is 13.0 Å². The molecule has 0 heterocycles. The quantitative estimate of drug-likeness (QED) is 0.618. The van der Waals surface area contributed by atoms with E-state index in [2.05, 4.69) is 10.0 Å². The van der Waals surface area contributed by atoms with Gasteiger partial charge in [-0.15, -0.1) is 0 Å². The number of carbonyl (C=O) groups is 2. The molecule has 0 spiro atoms. The third-order valence-corrected chi connectivity index (χ3v) is 6.07. The highest BCUT2D eigenvalue weighted by Gasteiger charge is 2.21. The van der Waals surface area contributed by atoms with E-state index in [1.54, 1.807) is 13.8 Å². The van der Waals surface area contributed by atoms with Crippen LogP contribution in [0.5, 0.6) is 0 Å². The van der Waals surface area contributed by atoms with Gasteiger partial charge < -0.3 is 10.1 Å². The van der Waals surface area contributed by atoms with Crippen LogP contribution in [0.4, 0.5) is 10.1 Å². The zero-order valence-electron chi connectivity index (χ0n) is 17.2. The van der Waals surface area contributed by atoms with E-state index < -0.39 is 33.8 Å². The molecule has 0 aliphatic rings. The molecule has 30 heavy (non-hydrogen) atoms. The molecule has 2 atom stereocenters. The smallest absolute Gasteiger partial charge is 0.338 e. The van der Waals surface area contributed by atoms with E-state index in [9.17, 15) is 22.4 Å². The van der Waals surface area contributed by atoms with Gasteiger partial charge in [-0.05, 0) is 69.2 Å². The summed E-state index contributed by atoms with van der Waals surface area (Å²) < 4.78 is 45.8. The number of nitrogens with one attached hydrogen (secondary N) is 2. The molecule has 0 aromatic heterocycles. The van der Waals surface area contributed by atoms with Crippen molar-refractivity contribution in [2.75, 3.05) is 5.32 Å². The molecule has 9 heteroatoms. The lowest BCUT2D eigenvalue weighted by Crippen LogP contribution is -2.32. The van der Waals surface area contributed by atoms with Gasteiger partial charge in [0.15, 0.2) is 6.10 Å². The van der Waals surface area contributed by atoms with E-state index in [1.807, 2.05) is 6.92 Å². The van der Waals surface area contributed by atoms with Gasteiger partial charge in [-0.2, -0.15) is 0 Å². The van der Waals surface area contributed by atoms with Crippen LogP contribution in [0.15, 0.2) is 47.4 Å². The second-order valence-corrected chi connectivity index (χ2v) is 8.67. The molecule has 0 aliphatic carbocycles. The average Bonchev–Trinajstić information content (AvgIpc) is 2.70. The molecule has 0 fully saturated rings. The van der Waals surface area contributed by atoms with Crippen molar-refractivity contribution in [2.45, 2.75) is 51.2 Å². The zero-order chi connectivity index (χ0) is 22.5. The summed E-state index contributed by atoms with van der Waals surface area (Å²) in [6, 6.07) is 9.23. The Morgan fingerprint density at radius 3 is 2.30 bits per heavy atom. The fraction of sp³-hybridized carbons (Fsp3) is 0.333. The molecule has 2 unspecified atom stereocenters. The first-order valence-electron chi connectivity index (χ1n) is 9.44. The van der Waals surface area contributed by atoms with Gasteiger partial charge >= 0.3 is 5.97 Å². The Hall–Kier alpha value is -2.78. The highest BCUT2D eigenvalue weighted by Crippen LogP contribution is 2.16. The Morgan fingerprint density at radius 1 is 1.10 bits per heavy atom. The van der Waals surface area contributed by atoms with E-state index in [1.165, 1.54) is 49.4 Å². The first kappa shape index (κ1) is 23.5. The summed E-state index contributed by atoms with van der Waals surface area (Å²) in [6.45, 7) is 6.59. The summed E-state index contributed by atoms with van der Waals surface area (Å²) in [7, 11) is -3.69. The van der Waals surface area contributed by atoms with Gasteiger partial charge in [0, 0.05) is 11.7 Å². The molecule has 0 saturated heterocycles. The Labute approximate surface area is 175 Å². The largest absolute Gasteiger partial charge is 0.449 e. The van der Waals surface area contributed by atoms with E-state index >= 15 is 0 Å². The minimum Gasteiger partial charge on any atom is -0.449 e. The molecular formula is C21H25FN2O5S. The third-order valence-electron chi connectivity index (χ3n) is 4.46. The maximum atomic E-state index is 13.6. The molecule has 0 saturated carbocycles. The summed E-state index contributed by atoms with van der Waals surface area (Å²) >= 11 is 0. The van der Waals surface area contributed by atoms with Crippen molar-refractivity contribution in [1.29, 1.82) is 0 Å². The van der Waals surface area contributed by atoms with Gasteiger partial charge in [0.25, 0.3) is 5.91 Å². The van der Waals surface area contributed by atoms with Crippen LogP contribution in [-0.2, 0) is 19.6 Å². The van der Waals surface area contributed by atoms with Crippen LogP contribution in [0, 0.1) is 12.7 Å². The number of esters is 1. The van der Waals surface area contributed by atoms with Crippen molar-refractivity contribution < 1.29 is 27.1 Å². The molecule has 2 aromatic rings. The fourth-order valence-corrected chi connectivity index (χ4v) is 3.71. The van der Waals surface area contributed by atoms with Crippen molar-refractivity contribution in [1.82, 2.24) is 4.72 Å². The van der Waals surface area contributed by atoms with Gasteiger partial charge in [0.2, 0.25) is 10.0 Å². The number of rotatable bonds is 8. The Bertz CT molecular complexity index is 1020. The first-order valence-corrected chi connectivity index (χ1v) is 10.9. The van der Waals surface area contributed by atoms with Crippen molar-refractivity contribution in [3.63, 3.8) is 0 Å². The lowest BCUT2D eigenvalue weighted by molar-refractivity contribution is -0.123. The van der Waals surface area contributed by atoms with Crippen molar-refractivity contribution in [3.8, 4) is 0 Å². The predicted molar refractivity (Wildman–Crippen MR) is 111 cm³/mol. The summed E-state index contributed by atoms with van der Waals surface area (Å²) in [4.78, 5) is 24.5. The summed E-state index contributed by atoms with van der Waals surface area (Å²) in [5.74, 6) is -1.87. The number of ether oxygens (including phenoxy) is 1. The van der Waals surface area contributed by atoms with Crippen molar-refractivity contribution in [3.05, 3.63) is 59.4 Å². The van der Waals surface area contributed by atoms with E-state index in [0.29, 0.717) is 12.0 Å². The van der Waals surface area contributed by atoms with Crippen LogP contribution in [0.25, 0.3) is 0 Å². The van der Waals surface area contributed by atoms with Crippen molar-refractivity contribution in [2.24, 2.45) is 0 Å². The van der Waals surface area contributed by atoms with Crippen LogP contribution >= 0.6 is 0 Å². The number of carbonyl (C=O) groups excluding carboxylic acids is 2. The number of benzene rings is 2. The molecule has 0 radical (unpaired) electrons. The highest BCUT2D eigenvalue weighted by atomic mass is 32.2. The molecule has 2 aromatic carbocycles. The topological polar surface area (TPSA) is 102 Å².